The molecule has 174 valence electrons. The summed E-state index contributed by atoms with van der Waals surface area (Å²) in [7, 11) is 2.38. The van der Waals surface area contributed by atoms with Crippen molar-refractivity contribution in [1.82, 2.24) is 4.90 Å². The molecule has 0 spiro atoms. The van der Waals surface area contributed by atoms with Crippen molar-refractivity contribution in [3.8, 4) is 0 Å². The van der Waals surface area contributed by atoms with Gasteiger partial charge in [0.2, 0.25) is 5.91 Å². The van der Waals surface area contributed by atoms with E-state index in [1.165, 1.54) is 14.2 Å². The highest BCUT2D eigenvalue weighted by atomic mass is 32.2. The minimum absolute atomic E-state index is 0.0348. The molecule has 1 aromatic heterocycles. The summed E-state index contributed by atoms with van der Waals surface area (Å²) < 4.78 is 15.1. The van der Waals surface area contributed by atoms with Gasteiger partial charge in [-0.3, -0.25) is 4.79 Å². The number of carbonyl (C=O) groups excluding carboxylic acids is 4. The zero-order chi connectivity index (χ0) is 23.8. The minimum Gasteiger partial charge on any atom is -0.465 e. The normalized spacial score (nSPS) is 21.6. The van der Waals surface area contributed by atoms with Gasteiger partial charge in [-0.15, -0.1) is 23.1 Å². The molecule has 0 bridgehead atoms. The Morgan fingerprint density at radius 1 is 1.15 bits per heavy atom. The lowest BCUT2D eigenvalue weighted by atomic mass is 10.0. The monoisotopic (exact) mass is 490 g/mol. The van der Waals surface area contributed by atoms with Crippen LogP contribution in [0.25, 0.3) is 0 Å². The topological polar surface area (TPSA) is 125 Å². The van der Waals surface area contributed by atoms with Crippen LogP contribution in [0.4, 0.5) is 5.00 Å². The van der Waals surface area contributed by atoms with Crippen molar-refractivity contribution in [2.45, 2.75) is 30.4 Å². The summed E-state index contributed by atoms with van der Waals surface area (Å²) in [6, 6.07) is 8.82. The molecule has 3 heterocycles. The molecule has 2 N–H and O–H groups in total. The van der Waals surface area contributed by atoms with Crippen LogP contribution in [0.1, 0.15) is 44.0 Å². The first-order chi connectivity index (χ1) is 15.8. The highest BCUT2D eigenvalue weighted by Crippen LogP contribution is 2.54. The molecular weight excluding hydrogens is 468 g/mol. The highest BCUT2D eigenvalue weighted by Gasteiger charge is 2.57. The number of nitrogens with zero attached hydrogens (tertiary/aromatic N) is 1. The Morgan fingerprint density at radius 3 is 2.52 bits per heavy atom. The third-order valence-corrected chi connectivity index (χ3v) is 8.42. The predicted octanol–water partition coefficient (Wildman–Crippen LogP) is 2.54. The third kappa shape index (κ3) is 3.84. The zero-order valence-electron chi connectivity index (χ0n) is 18.0. The van der Waals surface area contributed by atoms with Gasteiger partial charge in [0.15, 0.2) is 0 Å². The number of hydrogen-bond donors (Lipinski definition) is 1. The van der Waals surface area contributed by atoms with Crippen LogP contribution in [0.3, 0.4) is 0 Å². The van der Waals surface area contributed by atoms with Crippen LogP contribution < -0.4 is 5.73 Å². The standard InChI is InChI=1S/C22H22N2O7S2/c1-29-20(27)16-13(17(21(28)30-2)33-18(16)23)10-31-19(26)14-11-32-22(9-8-15(25)24(14)22)12-6-4-3-5-7-12/h3-7,14H,8-11,23H2,1-2H3/t14-,22-/m0/s1. The number of fused-ring (bicyclic) bond motifs is 1. The maximum Gasteiger partial charge on any atom is 0.348 e. The number of ether oxygens (including phenoxy) is 3. The lowest BCUT2D eigenvalue weighted by Gasteiger charge is -2.33. The molecule has 11 heteroatoms. The molecule has 33 heavy (non-hydrogen) atoms. The fourth-order valence-electron chi connectivity index (χ4n) is 4.26. The predicted molar refractivity (Wildman–Crippen MR) is 122 cm³/mol. The van der Waals surface area contributed by atoms with E-state index in [0.717, 1.165) is 16.9 Å². The Labute approximate surface area is 198 Å². The second-order valence-corrected chi connectivity index (χ2v) is 9.83. The SMILES string of the molecule is COC(=O)c1sc(N)c(C(=O)OC)c1COC(=O)[C@@H]1CS[C@]2(c3ccccc3)CCC(=O)N12. The number of anilines is 1. The summed E-state index contributed by atoms with van der Waals surface area (Å²) in [4.78, 5) is 51.3. The van der Waals surface area contributed by atoms with Crippen molar-refractivity contribution in [2.24, 2.45) is 0 Å². The molecule has 4 rings (SSSR count). The van der Waals surface area contributed by atoms with Crippen LogP contribution in [-0.4, -0.2) is 54.7 Å². The van der Waals surface area contributed by atoms with Crippen LogP contribution in [-0.2, 0) is 35.3 Å². The van der Waals surface area contributed by atoms with Gasteiger partial charge in [0.1, 0.15) is 33.0 Å². The van der Waals surface area contributed by atoms with E-state index in [2.05, 4.69) is 0 Å². The molecule has 2 fully saturated rings. The van der Waals surface area contributed by atoms with E-state index in [9.17, 15) is 19.2 Å². The van der Waals surface area contributed by atoms with Crippen LogP contribution in [0.2, 0.25) is 0 Å². The molecule has 2 atom stereocenters. The van der Waals surface area contributed by atoms with E-state index >= 15 is 0 Å². The average Bonchev–Trinajstić information content (AvgIpc) is 3.49. The van der Waals surface area contributed by atoms with E-state index in [0.29, 0.717) is 18.6 Å². The lowest BCUT2D eigenvalue weighted by molar-refractivity contribution is -0.155. The molecule has 0 radical (unpaired) electrons. The molecule has 0 saturated carbocycles. The van der Waals surface area contributed by atoms with Gasteiger partial charge in [-0.25, -0.2) is 14.4 Å². The first-order valence-electron chi connectivity index (χ1n) is 10.1. The maximum absolute atomic E-state index is 13.1. The van der Waals surface area contributed by atoms with Gasteiger partial charge in [0.05, 0.1) is 14.2 Å². The number of hydrogen-bond acceptors (Lipinski definition) is 10. The summed E-state index contributed by atoms with van der Waals surface area (Å²) in [5.41, 5.74) is 6.97. The van der Waals surface area contributed by atoms with E-state index in [1.807, 2.05) is 30.3 Å². The molecule has 2 saturated heterocycles. The van der Waals surface area contributed by atoms with Crippen molar-refractivity contribution in [2.75, 3.05) is 25.7 Å². The quantitative estimate of drug-likeness (QED) is 0.480. The van der Waals surface area contributed by atoms with E-state index in [4.69, 9.17) is 19.9 Å². The number of rotatable bonds is 6. The van der Waals surface area contributed by atoms with Crippen molar-refractivity contribution in [3.05, 3.63) is 51.9 Å². The third-order valence-electron chi connectivity index (χ3n) is 5.78. The van der Waals surface area contributed by atoms with Gasteiger partial charge in [0, 0.05) is 17.7 Å². The Balaban J connectivity index is 1.59. The van der Waals surface area contributed by atoms with Crippen LogP contribution in [0.5, 0.6) is 0 Å². The number of benzene rings is 1. The molecule has 0 aliphatic carbocycles. The number of thioether (sulfide) groups is 1. The van der Waals surface area contributed by atoms with Crippen molar-refractivity contribution in [3.63, 3.8) is 0 Å². The molecule has 2 aliphatic rings. The molecule has 1 amide bonds. The van der Waals surface area contributed by atoms with Gasteiger partial charge in [-0.2, -0.15) is 0 Å². The second-order valence-electron chi connectivity index (χ2n) is 7.48. The zero-order valence-corrected chi connectivity index (χ0v) is 19.6. The van der Waals surface area contributed by atoms with E-state index < -0.39 is 28.8 Å². The number of nitrogen functional groups attached to an aromatic ring is 1. The Bertz CT molecular complexity index is 1120. The van der Waals surface area contributed by atoms with Crippen molar-refractivity contribution >= 4 is 51.9 Å². The van der Waals surface area contributed by atoms with Gasteiger partial charge >= 0.3 is 17.9 Å². The second kappa shape index (κ2) is 9.06. The summed E-state index contributed by atoms with van der Waals surface area (Å²) in [5.74, 6) is -1.82. The van der Waals surface area contributed by atoms with Gasteiger partial charge < -0.3 is 24.8 Å². The fourth-order valence-corrected chi connectivity index (χ4v) is 6.88. The number of esters is 3. The first-order valence-corrected chi connectivity index (χ1v) is 11.9. The van der Waals surface area contributed by atoms with Crippen LogP contribution in [0, 0.1) is 0 Å². The number of amides is 1. The fraction of sp³-hybridized carbons (Fsp3) is 0.364. The molecular formula is C22H22N2O7S2. The molecule has 0 unspecified atom stereocenters. The van der Waals surface area contributed by atoms with E-state index in [1.54, 1.807) is 16.7 Å². The molecule has 9 nitrogen and oxygen atoms in total. The van der Waals surface area contributed by atoms with Gasteiger partial charge in [-0.05, 0) is 12.0 Å². The number of carbonyl (C=O) groups is 4. The summed E-state index contributed by atoms with van der Waals surface area (Å²) in [6.07, 6.45) is 0.941. The Morgan fingerprint density at radius 2 is 1.85 bits per heavy atom. The maximum atomic E-state index is 13.1. The number of methoxy groups -OCH3 is 2. The summed E-state index contributed by atoms with van der Waals surface area (Å²) in [5, 5.41) is 0.0579. The molecule has 2 aliphatic heterocycles. The molecule has 1 aromatic carbocycles. The lowest BCUT2D eigenvalue weighted by Crippen LogP contribution is -2.46. The smallest absolute Gasteiger partial charge is 0.348 e. The highest BCUT2D eigenvalue weighted by molar-refractivity contribution is 8.00. The van der Waals surface area contributed by atoms with Crippen LogP contribution >= 0.6 is 23.1 Å². The Kier molecular flexibility index (Phi) is 6.35. The number of thiophene rings is 1. The average molecular weight is 491 g/mol. The van der Waals surface area contributed by atoms with Crippen LogP contribution in [0.15, 0.2) is 30.3 Å². The van der Waals surface area contributed by atoms with Crippen molar-refractivity contribution < 1.29 is 33.4 Å². The van der Waals surface area contributed by atoms with Gasteiger partial charge in [-0.1, -0.05) is 30.3 Å². The van der Waals surface area contributed by atoms with Crippen molar-refractivity contribution in [1.29, 1.82) is 0 Å². The molecule has 2 aromatic rings. The Hall–Kier alpha value is -3.05. The largest absolute Gasteiger partial charge is 0.465 e. The minimum atomic E-state index is -0.788. The summed E-state index contributed by atoms with van der Waals surface area (Å²) >= 11 is 2.40. The first kappa shape index (κ1) is 23.1. The van der Waals surface area contributed by atoms with Gasteiger partial charge in [0.25, 0.3) is 0 Å². The summed E-state index contributed by atoms with van der Waals surface area (Å²) in [6.45, 7) is -0.386. The number of nitrogens with two attached hydrogens (primary N) is 1. The van der Waals surface area contributed by atoms with E-state index in [-0.39, 0.29) is 33.5 Å².